The summed E-state index contributed by atoms with van der Waals surface area (Å²) in [4.78, 5) is 40.2. The monoisotopic (exact) mass is 476 g/mol. The lowest BCUT2D eigenvalue weighted by Crippen LogP contribution is -2.22. The summed E-state index contributed by atoms with van der Waals surface area (Å²) in [5.41, 5.74) is 1.84. The van der Waals surface area contributed by atoms with Crippen LogP contribution in [0, 0.1) is 13.8 Å². The summed E-state index contributed by atoms with van der Waals surface area (Å²) in [5, 5.41) is 1.65. The zero-order valence-corrected chi connectivity index (χ0v) is 19.8. The molecule has 0 atom stereocenters. The van der Waals surface area contributed by atoms with Gasteiger partial charge in [-0.15, -0.1) is 11.3 Å². The number of nitrogens with one attached hydrogen (secondary N) is 1. The number of hydrogen-bond acceptors (Lipinski definition) is 7. The number of methoxy groups -OCH3 is 1. The van der Waals surface area contributed by atoms with Crippen LogP contribution in [0.4, 0.5) is 0 Å². The van der Waals surface area contributed by atoms with Gasteiger partial charge >= 0.3 is 0 Å². The van der Waals surface area contributed by atoms with Gasteiger partial charge in [0.1, 0.15) is 16.4 Å². The zero-order chi connectivity index (χ0) is 23.1. The number of fused-ring (bicyclic) bond motifs is 2. The second-order valence-corrected chi connectivity index (χ2v) is 9.63. The van der Waals surface area contributed by atoms with Gasteiger partial charge in [-0.2, -0.15) is 0 Å². The quantitative estimate of drug-likeness (QED) is 0.295. The van der Waals surface area contributed by atoms with Crippen LogP contribution < -0.4 is 15.9 Å². The van der Waals surface area contributed by atoms with Crippen molar-refractivity contribution in [1.82, 2.24) is 19.5 Å². The SMILES string of the molecule is COc1ccccc1-n1c(SCc2nc3sc(C)c(C)c3c(=O)[nH]2)nc2ccccc2c1=O. The first-order valence-electron chi connectivity index (χ1n) is 10.2. The van der Waals surface area contributed by atoms with E-state index in [-0.39, 0.29) is 11.1 Å². The molecule has 3 heterocycles. The molecule has 33 heavy (non-hydrogen) atoms. The van der Waals surface area contributed by atoms with Crippen LogP contribution >= 0.6 is 23.1 Å². The van der Waals surface area contributed by atoms with Crippen molar-refractivity contribution in [1.29, 1.82) is 0 Å². The van der Waals surface area contributed by atoms with Crippen LogP contribution in [-0.4, -0.2) is 26.6 Å². The Morgan fingerprint density at radius 2 is 1.82 bits per heavy atom. The summed E-state index contributed by atoms with van der Waals surface area (Å²) in [5.74, 6) is 1.45. The third kappa shape index (κ3) is 3.73. The average Bonchev–Trinajstić information content (AvgIpc) is 3.11. The molecule has 2 aromatic carbocycles. The number of aromatic amines is 1. The molecule has 0 saturated heterocycles. The minimum atomic E-state index is -0.186. The van der Waals surface area contributed by atoms with Crippen LogP contribution in [-0.2, 0) is 5.75 Å². The number of para-hydroxylation sites is 3. The molecule has 7 nitrogen and oxygen atoms in total. The topological polar surface area (TPSA) is 89.9 Å². The molecule has 0 aliphatic carbocycles. The lowest BCUT2D eigenvalue weighted by molar-refractivity contribution is 0.411. The van der Waals surface area contributed by atoms with Crippen molar-refractivity contribution in [2.75, 3.05) is 7.11 Å². The molecule has 1 N–H and O–H groups in total. The Bertz CT molecular complexity index is 1640. The molecule has 5 rings (SSSR count). The molecule has 0 aliphatic rings. The van der Waals surface area contributed by atoms with E-state index in [2.05, 4.69) is 9.97 Å². The van der Waals surface area contributed by atoms with Crippen molar-refractivity contribution in [3.63, 3.8) is 0 Å². The van der Waals surface area contributed by atoms with Gasteiger partial charge < -0.3 is 9.72 Å². The second kappa shape index (κ2) is 8.49. The fraction of sp³-hybridized carbons (Fsp3) is 0.167. The summed E-state index contributed by atoms with van der Waals surface area (Å²) >= 11 is 2.85. The zero-order valence-electron chi connectivity index (χ0n) is 18.2. The van der Waals surface area contributed by atoms with Gasteiger partial charge in [0.25, 0.3) is 11.1 Å². The molecule has 5 aromatic rings. The van der Waals surface area contributed by atoms with Crippen molar-refractivity contribution in [3.05, 3.63) is 85.5 Å². The van der Waals surface area contributed by atoms with Gasteiger partial charge in [-0.05, 0) is 43.7 Å². The highest BCUT2D eigenvalue weighted by Crippen LogP contribution is 2.29. The molecule has 0 unspecified atom stereocenters. The predicted octanol–water partition coefficient (Wildman–Crippen LogP) is 4.60. The standard InChI is InChI=1S/C24H20N4O3S2/c1-13-14(2)33-22-20(13)21(29)26-19(27-22)12-32-24-25-16-9-5-4-8-15(16)23(30)28(24)17-10-6-7-11-18(17)31-3/h4-11H,12H2,1-3H3,(H,26,27,29). The number of ether oxygens (including phenoxy) is 1. The predicted molar refractivity (Wildman–Crippen MR) is 133 cm³/mol. The highest BCUT2D eigenvalue weighted by Gasteiger charge is 2.17. The van der Waals surface area contributed by atoms with Gasteiger partial charge in [0.05, 0.1) is 34.8 Å². The van der Waals surface area contributed by atoms with Gasteiger partial charge in [-0.3, -0.25) is 14.2 Å². The molecule has 0 aliphatic heterocycles. The van der Waals surface area contributed by atoms with Crippen LogP contribution in [0.1, 0.15) is 16.3 Å². The maximum atomic E-state index is 13.5. The maximum Gasteiger partial charge on any atom is 0.266 e. The molecule has 3 aromatic heterocycles. The van der Waals surface area contributed by atoms with E-state index in [1.54, 1.807) is 23.8 Å². The lowest BCUT2D eigenvalue weighted by Gasteiger charge is -2.15. The van der Waals surface area contributed by atoms with Crippen molar-refractivity contribution in [3.8, 4) is 11.4 Å². The smallest absolute Gasteiger partial charge is 0.266 e. The number of hydrogen-bond donors (Lipinski definition) is 1. The molecular formula is C24H20N4O3S2. The first-order valence-corrected chi connectivity index (χ1v) is 12.0. The van der Waals surface area contributed by atoms with Crippen LogP contribution in [0.25, 0.3) is 26.8 Å². The number of nitrogens with zero attached hydrogens (tertiary/aromatic N) is 3. The first kappa shape index (κ1) is 21.4. The first-order chi connectivity index (χ1) is 16.0. The van der Waals surface area contributed by atoms with E-state index in [1.807, 2.05) is 50.2 Å². The minimum Gasteiger partial charge on any atom is -0.495 e. The molecular weight excluding hydrogens is 456 g/mol. The summed E-state index contributed by atoms with van der Waals surface area (Å²) in [6.07, 6.45) is 0. The normalized spacial score (nSPS) is 11.4. The molecule has 0 saturated carbocycles. The van der Waals surface area contributed by atoms with E-state index in [9.17, 15) is 9.59 Å². The number of rotatable bonds is 5. The van der Waals surface area contributed by atoms with E-state index in [1.165, 1.54) is 23.1 Å². The van der Waals surface area contributed by atoms with E-state index in [4.69, 9.17) is 9.72 Å². The van der Waals surface area contributed by atoms with Gasteiger partial charge in [-0.1, -0.05) is 36.0 Å². The Morgan fingerprint density at radius 3 is 2.64 bits per heavy atom. The molecule has 0 spiro atoms. The van der Waals surface area contributed by atoms with E-state index in [0.29, 0.717) is 44.5 Å². The molecule has 9 heteroatoms. The lowest BCUT2D eigenvalue weighted by atomic mass is 10.2. The number of thiophene rings is 1. The summed E-state index contributed by atoms with van der Waals surface area (Å²) in [7, 11) is 1.57. The molecule has 0 amide bonds. The largest absolute Gasteiger partial charge is 0.495 e. The Hall–Kier alpha value is -3.43. The third-order valence-corrected chi connectivity index (χ3v) is 7.55. The fourth-order valence-corrected chi connectivity index (χ4v) is 5.66. The molecule has 0 radical (unpaired) electrons. The number of aryl methyl sites for hydroxylation is 2. The molecule has 0 fully saturated rings. The summed E-state index contributed by atoms with van der Waals surface area (Å²) < 4.78 is 7.06. The second-order valence-electron chi connectivity index (χ2n) is 7.49. The number of benzene rings is 2. The highest BCUT2D eigenvalue weighted by atomic mass is 32.2. The third-order valence-electron chi connectivity index (χ3n) is 5.50. The molecule has 166 valence electrons. The van der Waals surface area contributed by atoms with Crippen molar-refractivity contribution in [2.45, 2.75) is 24.8 Å². The van der Waals surface area contributed by atoms with Crippen molar-refractivity contribution in [2.24, 2.45) is 0 Å². The van der Waals surface area contributed by atoms with Crippen molar-refractivity contribution < 1.29 is 4.74 Å². The van der Waals surface area contributed by atoms with Gasteiger partial charge in [0.2, 0.25) is 0 Å². The van der Waals surface area contributed by atoms with Crippen molar-refractivity contribution >= 4 is 44.2 Å². The van der Waals surface area contributed by atoms with Crippen LogP contribution in [0.5, 0.6) is 5.75 Å². The van der Waals surface area contributed by atoms with Crippen LogP contribution in [0.15, 0.2) is 63.3 Å². The summed E-state index contributed by atoms with van der Waals surface area (Å²) in [6, 6.07) is 14.6. The molecule has 0 bridgehead atoms. The van der Waals surface area contributed by atoms with Crippen LogP contribution in [0.2, 0.25) is 0 Å². The van der Waals surface area contributed by atoms with E-state index >= 15 is 0 Å². The van der Waals surface area contributed by atoms with E-state index in [0.717, 1.165) is 15.3 Å². The number of aromatic nitrogens is 4. The number of thioether (sulfide) groups is 1. The minimum absolute atomic E-state index is 0.147. The van der Waals surface area contributed by atoms with Gasteiger partial charge in [0.15, 0.2) is 5.16 Å². The Balaban J connectivity index is 1.63. The number of H-pyrrole nitrogens is 1. The van der Waals surface area contributed by atoms with Crippen LogP contribution in [0.3, 0.4) is 0 Å². The summed E-state index contributed by atoms with van der Waals surface area (Å²) in [6.45, 7) is 3.92. The fourth-order valence-electron chi connectivity index (χ4n) is 3.74. The van der Waals surface area contributed by atoms with E-state index < -0.39 is 0 Å². The Kier molecular flexibility index (Phi) is 5.51. The Morgan fingerprint density at radius 1 is 1.06 bits per heavy atom. The Labute approximate surface area is 197 Å². The average molecular weight is 477 g/mol. The maximum absolute atomic E-state index is 13.5. The highest BCUT2D eigenvalue weighted by molar-refractivity contribution is 7.98. The van der Waals surface area contributed by atoms with Gasteiger partial charge in [-0.25, -0.2) is 9.97 Å². The van der Waals surface area contributed by atoms with Gasteiger partial charge in [0, 0.05) is 4.88 Å².